The van der Waals surface area contributed by atoms with E-state index >= 15 is 0 Å². The van der Waals surface area contributed by atoms with E-state index in [9.17, 15) is 0 Å². The topological polar surface area (TPSA) is 38.8 Å². The summed E-state index contributed by atoms with van der Waals surface area (Å²) in [5.74, 6) is 2.35. The summed E-state index contributed by atoms with van der Waals surface area (Å²) in [5.41, 5.74) is 17.5. The van der Waals surface area contributed by atoms with E-state index in [2.05, 4.69) is 217 Å². The number of para-hydroxylation sites is 3. The van der Waals surface area contributed by atoms with Gasteiger partial charge in [0.25, 0.3) is 0 Å². The second-order valence-electron chi connectivity index (χ2n) is 17.5. The quantitative estimate of drug-likeness (QED) is 0.167. The second kappa shape index (κ2) is 14.6. The number of nitrogens with zero attached hydrogens (tertiary/aromatic N) is 1. The Labute approximate surface area is 387 Å². The first-order chi connectivity index (χ1) is 33.2. The van der Waals surface area contributed by atoms with E-state index in [1.165, 1.54) is 38.9 Å². The van der Waals surface area contributed by atoms with E-state index in [-0.39, 0.29) is 0 Å². The van der Waals surface area contributed by atoms with Gasteiger partial charge in [0.15, 0.2) is 11.5 Å². The molecule has 1 spiro atoms. The highest BCUT2D eigenvalue weighted by molar-refractivity contribution is 6.09. The molecule has 0 fully saturated rings. The maximum Gasteiger partial charge on any atom is 0.178 e. The van der Waals surface area contributed by atoms with Crippen LogP contribution in [0, 0.1) is 0 Å². The van der Waals surface area contributed by atoms with Crippen molar-refractivity contribution in [1.82, 2.24) is 0 Å². The minimum atomic E-state index is -0.731. The number of hydrogen-bond acceptors (Lipinski definition) is 4. The van der Waals surface area contributed by atoms with E-state index in [0.717, 1.165) is 89.5 Å². The van der Waals surface area contributed by atoms with E-state index in [4.69, 9.17) is 13.6 Å². The average molecular weight is 858 g/mol. The summed E-state index contributed by atoms with van der Waals surface area (Å²) in [6, 6.07) is 84.1. The summed E-state index contributed by atoms with van der Waals surface area (Å²) in [5, 5.41) is 3.18. The number of benzene rings is 10. The summed E-state index contributed by atoms with van der Waals surface area (Å²) in [4.78, 5) is 2.33. The predicted octanol–water partition coefficient (Wildman–Crippen LogP) is 17.3. The van der Waals surface area contributed by atoms with Crippen molar-refractivity contribution in [2.45, 2.75) is 5.41 Å². The fourth-order valence-corrected chi connectivity index (χ4v) is 11.0. The van der Waals surface area contributed by atoms with Crippen LogP contribution in [0.2, 0.25) is 0 Å². The van der Waals surface area contributed by atoms with Gasteiger partial charge in [-0.2, -0.15) is 0 Å². The zero-order chi connectivity index (χ0) is 44.1. The third-order valence-corrected chi connectivity index (χ3v) is 14.0. The van der Waals surface area contributed by atoms with Gasteiger partial charge in [-0.25, -0.2) is 0 Å². The Bertz CT molecular complexity index is 3850. The zero-order valence-electron chi connectivity index (χ0n) is 36.2. The number of hydrogen-bond donors (Lipinski definition) is 0. The van der Waals surface area contributed by atoms with Crippen LogP contribution >= 0.6 is 0 Å². The number of furan rings is 2. The number of rotatable bonds is 6. The molecule has 0 saturated heterocycles. The number of fused-ring (bicyclic) bond motifs is 14. The molecule has 314 valence electrons. The molecule has 4 nitrogen and oxygen atoms in total. The first-order valence-electron chi connectivity index (χ1n) is 22.8. The zero-order valence-corrected chi connectivity index (χ0v) is 36.2. The van der Waals surface area contributed by atoms with Crippen LogP contribution in [-0.2, 0) is 5.41 Å². The van der Waals surface area contributed by atoms with E-state index in [1.54, 1.807) is 0 Å². The Morgan fingerprint density at radius 3 is 1.49 bits per heavy atom. The van der Waals surface area contributed by atoms with Crippen LogP contribution in [0.25, 0.3) is 77.4 Å². The molecule has 0 saturated carbocycles. The van der Waals surface area contributed by atoms with Gasteiger partial charge in [0.1, 0.15) is 27.9 Å². The molecule has 1 aliphatic carbocycles. The van der Waals surface area contributed by atoms with Crippen molar-refractivity contribution >= 4 is 50.0 Å². The van der Waals surface area contributed by atoms with Crippen molar-refractivity contribution in [2.24, 2.45) is 0 Å². The van der Waals surface area contributed by atoms with Crippen molar-refractivity contribution in [2.75, 3.05) is 4.90 Å². The van der Waals surface area contributed by atoms with E-state index in [0.29, 0.717) is 0 Å². The largest absolute Gasteiger partial charge is 0.455 e. The molecule has 2 aromatic heterocycles. The van der Waals surface area contributed by atoms with Crippen molar-refractivity contribution in [3.8, 4) is 56.0 Å². The SMILES string of the molecule is c1ccc(-c2ccccc2-c2ccc(N(c3ccc(-c4cccc5c4oc4ccccc45)cc3)c3ccc4c(c3)Oc3c(oc5ccccc35)C43c4ccccc4-c4ccccc43)cc2)cc1. The minimum absolute atomic E-state index is 0.731. The highest BCUT2D eigenvalue weighted by Gasteiger charge is 2.54. The molecule has 3 heterocycles. The van der Waals surface area contributed by atoms with Gasteiger partial charge >= 0.3 is 0 Å². The Morgan fingerprint density at radius 1 is 0.328 bits per heavy atom. The Balaban J connectivity index is 0.948. The van der Waals surface area contributed by atoms with Crippen LogP contribution in [-0.4, -0.2) is 0 Å². The smallest absolute Gasteiger partial charge is 0.178 e. The Morgan fingerprint density at radius 2 is 0.821 bits per heavy atom. The van der Waals surface area contributed by atoms with E-state index in [1.807, 2.05) is 24.3 Å². The lowest BCUT2D eigenvalue weighted by Crippen LogP contribution is -2.31. The Kier molecular flexibility index (Phi) is 8.16. The molecule has 2 aliphatic rings. The molecule has 0 bridgehead atoms. The van der Waals surface area contributed by atoms with Gasteiger partial charge in [-0.1, -0.05) is 182 Å². The van der Waals surface area contributed by atoms with Crippen LogP contribution in [0.3, 0.4) is 0 Å². The summed E-state index contributed by atoms with van der Waals surface area (Å²) in [7, 11) is 0. The molecule has 0 N–H and O–H groups in total. The van der Waals surface area contributed by atoms with Crippen LogP contribution in [0.4, 0.5) is 17.1 Å². The first-order valence-corrected chi connectivity index (χ1v) is 22.8. The van der Waals surface area contributed by atoms with Gasteiger partial charge in [0.2, 0.25) is 0 Å². The highest BCUT2D eigenvalue weighted by Crippen LogP contribution is 2.64. The molecule has 0 unspecified atom stereocenters. The monoisotopic (exact) mass is 857 g/mol. The summed E-state index contributed by atoms with van der Waals surface area (Å²) in [6.07, 6.45) is 0. The molecular weight excluding hydrogens is 819 g/mol. The molecule has 0 amide bonds. The molecule has 14 rings (SSSR count). The van der Waals surface area contributed by atoms with Crippen molar-refractivity contribution in [1.29, 1.82) is 0 Å². The van der Waals surface area contributed by atoms with Crippen molar-refractivity contribution in [3.05, 3.63) is 259 Å². The summed E-state index contributed by atoms with van der Waals surface area (Å²) >= 11 is 0. The fraction of sp³-hybridized carbons (Fsp3) is 0.0159. The van der Waals surface area contributed by atoms with Gasteiger partial charge in [0, 0.05) is 45.0 Å². The average Bonchev–Trinajstić information content (AvgIpc) is 4.06. The van der Waals surface area contributed by atoms with Crippen LogP contribution in [0.15, 0.2) is 245 Å². The van der Waals surface area contributed by atoms with Crippen LogP contribution in [0.5, 0.6) is 11.5 Å². The van der Waals surface area contributed by atoms with Gasteiger partial charge in [-0.15, -0.1) is 0 Å². The van der Waals surface area contributed by atoms with Crippen LogP contribution < -0.4 is 9.64 Å². The van der Waals surface area contributed by atoms with Gasteiger partial charge in [-0.3, -0.25) is 0 Å². The normalized spacial score (nSPS) is 13.0. The third-order valence-electron chi connectivity index (χ3n) is 14.0. The molecule has 12 aromatic rings. The van der Waals surface area contributed by atoms with Gasteiger partial charge < -0.3 is 18.5 Å². The summed E-state index contributed by atoms with van der Waals surface area (Å²) in [6.45, 7) is 0. The fourth-order valence-electron chi connectivity index (χ4n) is 11.0. The lowest BCUT2D eigenvalue weighted by Gasteiger charge is -2.37. The molecule has 4 heteroatoms. The maximum atomic E-state index is 7.15. The molecule has 0 radical (unpaired) electrons. The standard InChI is InChI=1S/C63H39NO3/c1-2-15-40(16-3-1)46-17-4-5-18-47(46)41-29-33-43(34-30-41)64(44-35-31-42(32-36-44)48-23-14-24-52-51-21-8-12-27-57(51)65-60(48)52)45-37-38-56-59(39-45)66-61-53-22-9-13-28-58(53)67-62(61)63(56)54-25-10-6-19-49(54)50-20-7-11-26-55(50)63/h1-39H. The lowest BCUT2D eigenvalue weighted by molar-refractivity contribution is 0.389. The number of ether oxygens (including phenoxy) is 1. The second-order valence-corrected chi connectivity index (χ2v) is 17.5. The molecule has 10 aromatic carbocycles. The molecule has 0 atom stereocenters. The number of anilines is 3. The molecule has 67 heavy (non-hydrogen) atoms. The van der Waals surface area contributed by atoms with E-state index < -0.39 is 5.41 Å². The lowest BCUT2D eigenvalue weighted by atomic mass is 9.69. The van der Waals surface area contributed by atoms with Gasteiger partial charge in [0.05, 0.1) is 5.39 Å². The molecule has 1 aliphatic heterocycles. The molecular formula is C63H39NO3. The first kappa shape index (κ1) is 37.5. The van der Waals surface area contributed by atoms with Gasteiger partial charge in [-0.05, 0) is 98.6 Å². The highest BCUT2D eigenvalue weighted by atomic mass is 16.5. The van der Waals surface area contributed by atoms with Crippen molar-refractivity contribution < 1.29 is 13.6 Å². The van der Waals surface area contributed by atoms with Crippen molar-refractivity contribution in [3.63, 3.8) is 0 Å². The summed E-state index contributed by atoms with van der Waals surface area (Å²) < 4.78 is 20.6. The van der Waals surface area contributed by atoms with Crippen LogP contribution in [0.1, 0.15) is 22.5 Å². The maximum absolute atomic E-state index is 7.15. The predicted molar refractivity (Wildman–Crippen MR) is 272 cm³/mol. The minimum Gasteiger partial charge on any atom is -0.455 e. The third kappa shape index (κ3) is 5.54. The Hall–Kier alpha value is -8.86.